The van der Waals surface area contributed by atoms with Crippen molar-refractivity contribution >= 4 is 17.6 Å². The largest absolute Gasteiger partial charge is 0.370 e. The fourth-order valence-corrected chi connectivity index (χ4v) is 0.859. The van der Waals surface area contributed by atoms with E-state index in [1.807, 2.05) is 0 Å². The molecule has 7 heteroatoms. The van der Waals surface area contributed by atoms with Crippen molar-refractivity contribution in [1.29, 1.82) is 5.41 Å². The van der Waals surface area contributed by atoms with Gasteiger partial charge in [0.05, 0.1) is 6.04 Å². The molecule has 0 aliphatic rings. The Morgan fingerprint density at radius 2 is 1.93 bits per heavy atom. The topological polar surface area (TPSA) is 148 Å². The van der Waals surface area contributed by atoms with Gasteiger partial charge in [0.2, 0.25) is 5.78 Å². The molecule has 8 N–H and O–H groups in total. The van der Waals surface area contributed by atoms with Crippen LogP contribution in [0.4, 0.5) is 0 Å². The Balaban J connectivity index is 3.64. The van der Waals surface area contributed by atoms with Gasteiger partial charge in [0.1, 0.15) is 0 Å². The molecule has 14 heavy (non-hydrogen) atoms. The molecule has 1 amide bonds. The summed E-state index contributed by atoms with van der Waals surface area (Å²) in [7, 11) is 0. The molecule has 0 spiro atoms. The maximum atomic E-state index is 10.9. The first-order valence-electron chi connectivity index (χ1n) is 4.12. The molecule has 1 atom stereocenters. The molecular formula is C7H15N5O2. The summed E-state index contributed by atoms with van der Waals surface area (Å²) in [6, 6.07) is -0.860. The molecule has 0 saturated carbocycles. The van der Waals surface area contributed by atoms with E-state index < -0.39 is 17.7 Å². The van der Waals surface area contributed by atoms with Gasteiger partial charge in [0.15, 0.2) is 5.96 Å². The molecule has 0 aromatic carbocycles. The van der Waals surface area contributed by atoms with Crippen LogP contribution in [0.1, 0.15) is 12.8 Å². The molecule has 0 aromatic rings. The lowest BCUT2D eigenvalue weighted by molar-refractivity contribution is -0.136. The van der Waals surface area contributed by atoms with E-state index in [1.54, 1.807) is 0 Å². The Hall–Kier alpha value is -1.63. The molecule has 0 bridgehead atoms. The minimum Gasteiger partial charge on any atom is -0.370 e. The highest BCUT2D eigenvalue weighted by atomic mass is 16.2. The van der Waals surface area contributed by atoms with E-state index in [1.165, 1.54) is 0 Å². The van der Waals surface area contributed by atoms with Crippen molar-refractivity contribution in [2.75, 3.05) is 6.54 Å². The summed E-state index contributed by atoms with van der Waals surface area (Å²) in [4.78, 5) is 21.3. The number of ketones is 1. The van der Waals surface area contributed by atoms with Gasteiger partial charge in [-0.15, -0.1) is 0 Å². The maximum Gasteiger partial charge on any atom is 0.286 e. The summed E-state index contributed by atoms with van der Waals surface area (Å²) in [5.41, 5.74) is 15.1. The van der Waals surface area contributed by atoms with E-state index in [0.29, 0.717) is 19.4 Å². The summed E-state index contributed by atoms with van der Waals surface area (Å²) >= 11 is 0. The van der Waals surface area contributed by atoms with Gasteiger partial charge in [0.25, 0.3) is 5.91 Å². The van der Waals surface area contributed by atoms with E-state index in [2.05, 4.69) is 5.32 Å². The standard InChI is InChI=1S/C7H15N5O2/c8-4(5(13)6(9)14)2-1-3-12-7(10)11/h4H,1-3,8H2,(H2,9,14)(H4,10,11,12)/t4-/m0/s1. The zero-order valence-electron chi connectivity index (χ0n) is 7.75. The minimum atomic E-state index is -1.02. The van der Waals surface area contributed by atoms with Crippen molar-refractivity contribution in [3.05, 3.63) is 0 Å². The maximum absolute atomic E-state index is 10.9. The lowest BCUT2D eigenvalue weighted by Crippen LogP contribution is -2.40. The van der Waals surface area contributed by atoms with Crippen molar-refractivity contribution in [3.8, 4) is 0 Å². The molecule has 0 saturated heterocycles. The van der Waals surface area contributed by atoms with Crippen LogP contribution in [0.2, 0.25) is 0 Å². The second-order valence-corrected chi connectivity index (χ2v) is 2.82. The van der Waals surface area contributed by atoms with Gasteiger partial charge in [-0.05, 0) is 12.8 Å². The number of nitrogens with two attached hydrogens (primary N) is 3. The Morgan fingerprint density at radius 1 is 1.36 bits per heavy atom. The fourth-order valence-electron chi connectivity index (χ4n) is 0.859. The number of guanidine groups is 1. The number of hydrogen-bond donors (Lipinski definition) is 5. The average molecular weight is 201 g/mol. The monoisotopic (exact) mass is 201 g/mol. The van der Waals surface area contributed by atoms with Gasteiger partial charge in [0, 0.05) is 6.54 Å². The van der Waals surface area contributed by atoms with Gasteiger partial charge in [-0.25, -0.2) is 0 Å². The third kappa shape index (κ3) is 5.09. The molecule has 0 aliphatic heterocycles. The average Bonchev–Trinajstić information content (AvgIpc) is 2.10. The lowest BCUT2D eigenvalue weighted by Gasteiger charge is -2.08. The van der Waals surface area contributed by atoms with Crippen LogP contribution in [-0.4, -0.2) is 30.2 Å². The molecule has 7 nitrogen and oxygen atoms in total. The first kappa shape index (κ1) is 12.4. The van der Waals surface area contributed by atoms with Crippen LogP contribution in [-0.2, 0) is 9.59 Å². The molecule has 0 heterocycles. The number of hydrogen-bond acceptors (Lipinski definition) is 4. The van der Waals surface area contributed by atoms with Gasteiger partial charge >= 0.3 is 0 Å². The SMILES string of the molecule is N=C(N)NCCC[C@H](N)C(=O)C(N)=O. The third-order valence-electron chi connectivity index (χ3n) is 1.59. The van der Waals surface area contributed by atoms with Crippen LogP contribution in [0.5, 0.6) is 0 Å². The molecule has 0 rings (SSSR count). The highest BCUT2D eigenvalue weighted by molar-refractivity contribution is 6.37. The molecule has 0 fully saturated rings. The highest BCUT2D eigenvalue weighted by Gasteiger charge is 2.17. The smallest absolute Gasteiger partial charge is 0.286 e. The van der Waals surface area contributed by atoms with E-state index in [4.69, 9.17) is 22.6 Å². The van der Waals surface area contributed by atoms with Crippen LogP contribution in [0.25, 0.3) is 0 Å². The number of carbonyl (C=O) groups is 2. The van der Waals surface area contributed by atoms with E-state index in [9.17, 15) is 9.59 Å². The lowest BCUT2D eigenvalue weighted by atomic mass is 10.1. The fraction of sp³-hybridized carbons (Fsp3) is 0.571. The number of rotatable bonds is 6. The zero-order valence-corrected chi connectivity index (χ0v) is 7.75. The predicted molar refractivity (Wildman–Crippen MR) is 51.3 cm³/mol. The van der Waals surface area contributed by atoms with Crippen molar-refractivity contribution in [3.63, 3.8) is 0 Å². The number of Topliss-reactive ketones (excluding diaryl/α,β-unsaturated/α-hetero) is 1. The van der Waals surface area contributed by atoms with Gasteiger partial charge in [-0.2, -0.15) is 0 Å². The third-order valence-corrected chi connectivity index (χ3v) is 1.59. The highest BCUT2D eigenvalue weighted by Crippen LogP contribution is 1.94. The molecule has 0 radical (unpaired) electrons. The Kier molecular flexibility index (Phi) is 5.23. The van der Waals surface area contributed by atoms with Crippen LogP contribution < -0.4 is 22.5 Å². The Morgan fingerprint density at radius 3 is 2.36 bits per heavy atom. The first-order valence-corrected chi connectivity index (χ1v) is 4.12. The predicted octanol–water partition coefficient (Wildman–Crippen LogP) is -2.37. The molecular weight excluding hydrogens is 186 g/mol. The second kappa shape index (κ2) is 5.92. The summed E-state index contributed by atoms with van der Waals surface area (Å²) in [6.45, 7) is 0.440. The number of carbonyl (C=O) groups excluding carboxylic acids is 2. The minimum absolute atomic E-state index is 0.139. The van der Waals surface area contributed by atoms with Crippen LogP contribution in [0.15, 0.2) is 0 Å². The van der Waals surface area contributed by atoms with Gasteiger partial charge < -0.3 is 22.5 Å². The molecule has 80 valence electrons. The summed E-state index contributed by atoms with van der Waals surface area (Å²) in [5.74, 6) is -1.93. The Bertz CT molecular complexity index is 240. The molecule has 0 aromatic heterocycles. The summed E-state index contributed by atoms with van der Waals surface area (Å²) in [5, 5.41) is 9.37. The summed E-state index contributed by atoms with van der Waals surface area (Å²) in [6.07, 6.45) is 0.877. The second-order valence-electron chi connectivity index (χ2n) is 2.82. The van der Waals surface area contributed by atoms with E-state index >= 15 is 0 Å². The van der Waals surface area contributed by atoms with Gasteiger partial charge in [-0.1, -0.05) is 0 Å². The Labute approximate surface area is 81.5 Å². The van der Waals surface area contributed by atoms with E-state index in [0.717, 1.165) is 0 Å². The van der Waals surface area contributed by atoms with Crippen LogP contribution in [0.3, 0.4) is 0 Å². The molecule has 0 aliphatic carbocycles. The van der Waals surface area contributed by atoms with Crippen LogP contribution in [0, 0.1) is 5.41 Å². The summed E-state index contributed by atoms with van der Waals surface area (Å²) < 4.78 is 0. The zero-order chi connectivity index (χ0) is 11.1. The van der Waals surface area contributed by atoms with Crippen molar-refractivity contribution in [2.24, 2.45) is 17.2 Å². The number of primary amides is 1. The van der Waals surface area contributed by atoms with Crippen molar-refractivity contribution in [1.82, 2.24) is 5.32 Å². The van der Waals surface area contributed by atoms with Crippen LogP contribution >= 0.6 is 0 Å². The number of nitrogens with one attached hydrogen (secondary N) is 2. The van der Waals surface area contributed by atoms with Crippen molar-refractivity contribution in [2.45, 2.75) is 18.9 Å². The van der Waals surface area contributed by atoms with E-state index in [-0.39, 0.29) is 5.96 Å². The van der Waals surface area contributed by atoms with Gasteiger partial charge in [-0.3, -0.25) is 15.0 Å². The van der Waals surface area contributed by atoms with Crippen molar-refractivity contribution < 1.29 is 9.59 Å². The first-order chi connectivity index (χ1) is 6.45. The number of amides is 1. The normalized spacial score (nSPS) is 11.8. The molecule has 0 unspecified atom stereocenters. The quantitative estimate of drug-likeness (QED) is 0.141.